The minimum atomic E-state index is -3.78. The van der Waals surface area contributed by atoms with Crippen LogP contribution in [0.15, 0.2) is 12.1 Å². The van der Waals surface area contributed by atoms with Crippen LogP contribution < -0.4 is 9.46 Å². The molecule has 1 aliphatic rings. The molecule has 0 radical (unpaired) electrons. The molecule has 0 amide bonds. The van der Waals surface area contributed by atoms with Gasteiger partial charge < -0.3 is 14.6 Å². The van der Waals surface area contributed by atoms with Gasteiger partial charge in [-0.05, 0) is 18.9 Å². The quantitative estimate of drug-likeness (QED) is 0.817. The third-order valence-corrected chi connectivity index (χ3v) is 4.56. The Morgan fingerprint density at radius 3 is 2.82 bits per heavy atom. The highest BCUT2D eigenvalue weighted by Crippen LogP contribution is 2.29. The zero-order chi connectivity index (χ0) is 16.3. The monoisotopic (exact) mass is 333 g/mol. The summed E-state index contributed by atoms with van der Waals surface area (Å²) >= 11 is 0. The van der Waals surface area contributed by atoms with Crippen molar-refractivity contribution in [3.8, 4) is 5.75 Å². The lowest BCUT2D eigenvalue weighted by Crippen LogP contribution is -2.26. The number of methoxy groups -OCH3 is 1. The van der Waals surface area contributed by atoms with E-state index in [1.165, 1.54) is 7.11 Å². The lowest BCUT2D eigenvalue weighted by Gasteiger charge is -2.15. The lowest BCUT2D eigenvalue weighted by molar-refractivity contribution is 0.0692. The predicted octanol–water partition coefficient (Wildman–Crippen LogP) is 1.45. The molecule has 1 saturated heterocycles. The first-order chi connectivity index (χ1) is 10.3. The molecule has 2 N–H and O–H groups in total. The van der Waals surface area contributed by atoms with Crippen LogP contribution in [0, 0.1) is 5.82 Å². The molecule has 0 saturated carbocycles. The van der Waals surface area contributed by atoms with E-state index in [-0.39, 0.29) is 17.2 Å². The van der Waals surface area contributed by atoms with Crippen molar-refractivity contribution in [1.29, 1.82) is 0 Å². The molecule has 1 aromatic rings. The molecule has 1 heterocycles. The number of carbonyl (C=O) groups is 1. The second-order valence-electron chi connectivity index (χ2n) is 4.86. The number of hydrogen-bond donors (Lipinski definition) is 2. The standard InChI is InChI=1S/C13H16FNO6S/c1-20-12-6-10(14)9(13(16)17)5-11(12)15-22(18,19)7-8-3-2-4-21-8/h5-6,8,15H,2-4,7H2,1H3,(H,16,17). The molecule has 1 aliphatic heterocycles. The van der Waals surface area contributed by atoms with Crippen LogP contribution >= 0.6 is 0 Å². The summed E-state index contributed by atoms with van der Waals surface area (Å²) in [7, 11) is -2.55. The largest absolute Gasteiger partial charge is 0.494 e. The number of benzene rings is 1. The fourth-order valence-electron chi connectivity index (χ4n) is 2.20. The van der Waals surface area contributed by atoms with E-state index in [1.54, 1.807) is 0 Å². The Morgan fingerprint density at radius 2 is 2.27 bits per heavy atom. The van der Waals surface area contributed by atoms with E-state index in [4.69, 9.17) is 14.6 Å². The van der Waals surface area contributed by atoms with Crippen molar-refractivity contribution in [1.82, 2.24) is 0 Å². The number of carboxylic acids is 1. The first-order valence-corrected chi connectivity index (χ1v) is 8.20. The Kier molecular flexibility index (Phi) is 4.87. The lowest BCUT2D eigenvalue weighted by atomic mass is 10.2. The zero-order valence-electron chi connectivity index (χ0n) is 11.8. The number of ether oxygens (including phenoxy) is 2. The summed E-state index contributed by atoms with van der Waals surface area (Å²) in [6.45, 7) is 0.517. The first-order valence-electron chi connectivity index (χ1n) is 6.55. The van der Waals surface area contributed by atoms with Gasteiger partial charge in [0.05, 0.1) is 30.2 Å². The third kappa shape index (κ3) is 3.86. The number of halogens is 1. The van der Waals surface area contributed by atoms with Gasteiger partial charge in [0, 0.05) is 12.7 Å². The Bertz CT molecular complexity index is 669. The molecule has 7 nitrogen and oxygen atoms in total. The van der Waals surface area contributed by atoms with Gasteiger partial charge in [-0.15, -0.1) is 0 Å². The predicted molar refractivity (Wildman–Crippen MR) is 76.3 cm³/mol. The van der Waals surface area contributed by atoms with Crippen LogP contribution in [0.5, 0.6) is 5.75 Å². The topological polar surface area (TPSA) is 102 Å². The summed E-state index contributed by atoms with van der Waals surface area (Å²) in [6, 6.07) is 1.72. The number of carboxylic acid groups (broad SMARTS) is 1. The van der Waals surface area contributed by atoms with Crippen molar-refractivity contribution in [3.63, 3.8) is 0 Å². The highest BCUT2D eigenvalue weighted by Gasteiger charge is 2.25. The summed E-state index contributed by atoms with van der Waals surface area (Å²) < 4.78 is 50.1. The molecule has 1 atom stereocenters. The summed E-state index contributed by atoms with van der Waals surface area (Å²) in [5.41, 5.74) is -0.769. The van der Waals surface area contributed by atoms with Crippen LogP contribution in [0.25, 0.3) is 0 Å². The van der Waals surface area contributed by atoms with Gasteiger partial charge in [-0.1, -0.05) is 0 Å². The highest BCUT2D eigenvalue weighted by atomic mass is 32.2. The van der Waals surface area contributed by atoms with Gasteiger partial charge in [-0.25, -0.2) is 17.6 Å². The maximum atomic E-state index is 13.6. The summed E-state index contributed by atoms with van der Waals surface area (Å²) in [6.07, 6.45) is 1.04. The molecule has 0 spiro atoms. The van der Waals surface area contributed by atoms with E-state index in [2.05, 4.69) is 4.72 Å². The van der Waals surface area contributed by atoms with Gasteiger partial charge in [-0.2, -0.15) is 0 Å². The second-order valence-corrected chi connectivity index (χ2v) is 6.62. The van der Waals surface area contributed by atoms with E-state index >= 15 is 0 Å². The van der Waals surface area contributed by atoms with Crippen LogP contribution in [-0.4, -0.2) is 45.1 Å². The number of anilines is 1. The van der Waals surface area contributed by atoms with Gasteiger partial charge >= 0.3 is 5.97 Å². The maximum Gasteiger partial charge on any atom is 0.338 e. The number of rotatable bonds is 6. The Labute approximate surface area is 127 Å². The number of aromatic carboxylic acids is 1. The van der Waals surface area contributed by atoms with Gasteiger partial charge in [0.25, 0.3) is 0 Å². The van der Waals surface area contributed by atoms with Crippen LogP contribution in [0.2, 0.25) is 0 Å². The van der Waals surface area contributed by atoms with Gasteiger partial charge in [0.1, 0.15) is 11.6 Å². The van der Waals surface area contributed by atoms with E-state index in [9.17, 15) is 17.6 Å². The third-order valence-electron chi connectivity index (χ3n) is 3.21. The first kappa shape index (κ1) is 16.5. The molecule has 0 bridgehead atoms. The van der Waals surface area contributed by atoms with Crippen LogP contribution in [0.4, 0.5) is 10.1 Å². The zero-order valence-corrected chi connectivity index (χ0v) is 12.7. The molecular weight excluding hydrogens is 317 g/mol. The average molecular weight is 333 g/mol. The van der Waals surface area contributed by atoms with Crippen LogP contribution in [0.3, 0.4) is 0 Å². The fraction of sp³-hybridized carbons (Fsp3) is 0.462. The smallest absolute Gasteiger partial charge is 0.338 e. The van der Waals surface area contributed by atoms with Crippen molar-refractivity contribution >= 4 is 21.7 Å². The Morgan fingerprint density at radius 1 is 1.55 bits per heavy atom. The molecule has 2 rings (SSSR count). The molecule has 22 heavy (non-hydrogen) atoms. The van der Waals surface area contributed by atoms with Gasteiger partial charge in [0.15, 0.2) is 0 Å². The molecule has 0 aromatic heterocycles. The molecule has 1 aromatic carbocycles. The summed E-state index contributed by atoms with van der Waals surface area (Å²) in [5, 5.41) is 8.90. The molecule has 0 aliphatic carbocycles. The normalized spacial score (nSPS) is 18.2. The SMILES string of the molecule is COc1cc(F)c(C(=O)O)cc1NS(=O)(=O)CC1CCCO1. The molecule has 1 unspecified atom stereocenters. The van der Waals surface area contributed by atoms with Crippen LogP contribution in [-0.2, 0) is 14.8 Å². The minimum absolute atomic E-state index is 0.0987. The van der Waals surface area contributed by atoms with E-state index < -0.39 is 33.5 Å². The second kappa shape index (κ2) is 6.49. The molecule has 1 fully saturated rings. The molecular formula is C13H16FNO6S. The Balaban J connectivity index is 2.26. The molecule has 9 heteroatoms. The van der Waals surface area contributed by atoms with Crippen molar-refractivity contribution in [2.45, 2.75) is 18.9 Å². The fourth-order valence-corrected chi connectivity index (χ4v) is 3.53. The van der Waals surface area contributed by atoms with E-state index in [0.29, 0.717) is 13.0 Å². The van der Waals surface area contributed by atoms with Crippen molar-refractivity contribution in [3.05, 3.63) is 23.5 Å². The highest BCUT2D eigenvalue weighted by molar-refractivity contribution is 7.92. The van der Waals surface area contributed by atoms with Gasteiger partial charge in [-0.3, -0.25) is 4.72 Å². The van der Waals surface area contributed by atoms with Gasteiger partial charge in [0.2, 0.25) is 10.0 Å². The summed E-state index contributed by atoms with van der Waals surface area (Å²) in [5.74, 6) is -2.86. The van der Waals surface area contributed by atoms with Crippen molar-refractivity contribution in [2.75, 3.05) is 24.2 Å². The molecule has 122 valence electrons. The maximum absolute atomic E-state index is 13.6. The number of sulfonamides is 1. The average Bonchev–Trinajstić information content (AvgIpc) is 2.91. The Hall–Kier alpha value is -1.87. The van der Waals surface area contributed by atoms with Crippen molar-refractivity contribution < 1.29 is 32.2 Å². The van der Waals surface area contributed by atoms with Crippen LogP contribution in [0.1, 0.15) is 23.2 Å². The van der Waals surface area contributed by atoms with Crippen molar-refractivity contribution in [2.24, 2.45) is 0 Å². The van der Waals surface area contributed by atoms with E-state index in [0.717, 1.165) is 18.6 Å². The number of nitrogens with one attached hydrogen (secondary N) is 1. The van der Waals surface area contributed by atoms with E-state index in [1.807, 2.05) is 0 Å². The summed E-state index contributed by atoms with van der Waals surface area (Å²) in [4.78, 5) is 10.9. The minimum Gasteiger partial charge on any atom is -0.494 e. The number of hydrogen-bond acceptors (Lipinski definition) is 5.